The second-order valence-corrected chi connectivity index (χ2v) is 8.13. The van der Waals surface area contributed by atoms with Gasteiger partial charge in [0, 0.05) is 24.2 Å². The van der Waals surface area contributed by atoms with Crippen LogP contribution in [0.1, 0.15) is 24.0 Å². The lowest BCUT2D eigenvalue weighted by atomic mass is 9.95. The van der Waals surface area contributed by atoms with Crippen LogP contribution < -0.4 is 20.1 Å². The van der Waals surface area contributed by atoms with Gasteiger partial charge in [-0.1, -0.05) is 24.3 Å². The van der Waals surface area contributed by atoms with Gasteiger partial charge in [-0.2, -0.15) is 0 Å². The van der Waals surface area contributed by atoms with Gasteiger partial charge >= 0.3 is 0 Å². The molecule has 2 aromatic carbocycles. The number of nitrogens with one attached hydrogen (secondary N) is 2. The predicted molar refractivity (Wildman–Crippen MR) is 118 cm³/mol. The molecule has 2 aliphatic rings. The lowest BCUT2D eigenvalue weighted by Crippen LogP contribution is -2.43. The quantitative estimate of drug-likeness (QED) is 0.716. The number of carbonyl (C=O) groups is 2. The SMILES string of the molecule is Cc1ccccc1CCNC(=O)CN1CCC(C(=O)Nc2ccc3c(c2)OCO3)CC1. The maximum absolute atomic E-state index is 12.6. The Hall–Kier alpha value is -3.06. The molecule has 0 aromatic heterocycles. The summed E-state index contributed by atoms with van der Waals surface area (Å²) in [6, 6.07) is 13.6. The van der Waals surface area contributed by atoms with Crippen LogP contribution in [0.15, 0.2) is 42.5 Å². The lowest BCUT2D eigenvalue weighted by Gasteiger charge is -2.30. The Morgan fingerprint density at radius 3 is 2.65 bits per heavy atom. The smallest absolute Gasteiger partial charge is 0.234 e. The van der Waals surface area contributed by atoms with Gasteiger partial charge in [0.1, 0.15) is 0 Å². The minimum Gasteiger partial charge on any atom is -0.454 e. The first-order valence-corrected chi connectivity index (χ1v) is 10.8. The number of ether oxygens (including phenoxy) is 2. The first kappa shape index (κ1) is 21.2. The van der Waals surface area contributed by atoms with Crippen molar-refractivity contribution in [3.8, 4) is 11.5 Å². The normalized spacial score (nSPS) is 16.2. The third kappa shape index (κ3) is 5.55. The van der Waals surface area contributed by atoms with E-state index in [1.165, 1.54) is 11.1 Å². The average Bonchev–Trinajstić information content (AvgIpc) is 3.23. The largest absolute Gasteiger partial charge is 0.454 e. The number of nitrogens with zero attached hydrogens (tertiary/aromatic N) is 1. The van der Waals surface area contributed by atoms with Gasteiger partial charge in [-0.25, -0.2) is 0 Å². The van der Waals surface area contributed by atoms with E-state index in [2.05, 4.69) is 34.6 Å². The van der Waals surface area contributed by atoms with Crippen molar-refractivity contribution in [3.63, 3.8) is 0 Å². The monoisotopic (exact) mass is 423 g/mol. The number of hydrogen-bond donors (Lipinski definition) is 2. The fraction of sp³-hybridized carbons (Fsp3) is 0.417. The second-order valence-electron chi connectivity index (χ2n) is 8.13. The number of hydrogen-bond acceptors (Lipinski definition) is 5. The van der Waals surface area contributed by atoms with Crippen LogP contribution in [0.25, 0.3) is 0 Å². The van der Waals surface area contributed by atoms with Gasteiger partial charge < -0.3 is 20.1 Å². The molecule has 2 aromatic rings. The molecule has 2 aliphatic heterocycles. The Morgan fingerprint density at radius 2 is 1.84 bits per heavy atom. The number of anilines is 1. The van der Waals surface area contributed by atoms with Crippen LogP contribution in [-0.4, -0.2) is 49.7 Å². The zero-order valence-electron chi connectivity index (χ0n) is 17.9. The summed E-state index contributed by atoms with van der Waals surface area (Å²) >= 11 is 0. The molecule has 1 fully saturated rings. The molecule has 0 unspecified atom stereocenters. The fourth-order valence-electron chi connectivity index (χ4n) is 4.06. The maximum Gasteiger partial charge on any atom is 0.234 e. The number of rotatable bonds is 7. The maximum atomic E-state index is 12.6. The Balaban J connectivity index is 1.16. The van der Waals surface area contributed by atoms with E-state index in [-0.39, 0.29) is 24.5 Å². The molecule has 0 bridgehead atoms. The molecular formula is C24H29N3O4. The van der Waals surface area contributed by atoms with E-state index in [0.29, 0.717) is 30.3 Å². The van der Waals surface area contributed by atoms with Gasteiger partial charge in [0.15, 0.2) is 11.5 Å². The molecule has 0 radical (unpaired) electrons. The molecule has 0 aliphatic carbocycles. The Bertz CT molecular complexity index is 938. The summed E-state index contributed by atoms with van der Waals surface area (Å²) in [5, 5.41) is 5.98. The molecular weight excluding hydrogens is 394 g/mol. The van der Waals surface area contributed by atoms with E-state index in [1.807, 2.05) is 18.2 Å². The van der Waals surface area contributed by atoms with Gasteiger partial charge in [-0.05, 0) is 62.5 Å². The number of carbonyl (C=O) groups excluding carboxylic acids is 2. The molecule has 0 atom stereocenters. The van der Waals surface area contributed by atoms with Crippen molar-refractivity contribution in [1.29, 1.82) is 0 Å². The molecule has 7 nitrogen and oxygen atoms in total. The minimum atomic E-state index is -0.0502. The molecule has 0 saturated carbocycles. The van der Waals surface area contributed by atoms with Crippen molar-refractivity contribution in [2.45, 2.75) is 26.2 Å². The fourth-order valence-corrected chi connectivity index (χ4v) is 4.06. The number of likely N-dealkylation sites (tertiary alicyclic amines) is 1. The van der Waals surface area contributed by atoms with Gasteiger partial charge in [-0.15, -0.1) is 0 Å². The summed E-state index contributed by atoms with van der Waals surface area (Å²) in [6.45, 7) is 4.80. The van der Waals surface area contributed by atoms with E-state index in [4.69, 9.17) is 9.47 Å². The molecule has 2 N–H and O–H groups in total. The van der Waals surface area contributed by atoms with Crippen molar-refractivity contribution in [2.75, 3.05) is 38.3 Å². The third-order valence-electron chi connectivity index (χ3n) is 5.94. The first-order chi connectivity index (χ1) is 15.1. The summed E-state index contributed by atoms with van der Waals surface area (Å²) in [5.41, 5.74) is 3.22. The average molecular weight is 424 g/mol. The van der Waals surface area contributed by atoms with Gasteiger partial charge in [-0.3, -0.25) is 14.5 Å². The van der Waals surface area contributed by atoms with E-state index in [9.17, 15) is 9.59 Å². The Kier molecular flexibility index (Phi) is 6.72. The highest BCUT2D eigenvalue weighted by Crippen LogP contribution is 2.34. The lowest BCUT2D eigenvalue weighted by molar-refractivity contribution is -0.123. The zero-order chi connectivity index (χ0) is 21.6. The van der Waals surface area contributed by atoms with Crippen molar-refractivity contribution in [1.82, 2.24) is 10.2 Å². The predicted octanol–water partition coefficient (Wildman–Crippen LogP) is 2.73. The molecule has 7 heteroatoms. The molecule has 31 heavy (non-hydrogen) atoms. The Labute approximate surface area is 182 Å². The van der Waals surface area contributed by atoms with Crippen molar-refractivity contribution >= 4 is 17.5 Å². The van der Waals surface area contributed by atoms with Crippen molar-refractivity contribution in [2.24, 2.45) is 5.92 Å². The van der Waals surface area contributed by atoms with Crippen molar-refractivity contribution < 1.29 is 19.1 Å². The Morgan fingerprint density at radius 1 is 1.06 bits per heavy atom. The number of benzene rings is 2. The first-order valence-electron chi connectivity index (χ1n) is 10.8. The summed E-state index contributed by atoms with van der Waals surface area (Å²) in [4.78, 5) is 27.0. The van der Waals surface area contributed by atoms with Crippen LogP contribution in [0.5, 0.6) is 11.5 Å². The number of piperidine rings is 1. The number of aryl methyl sites for hydroxylation is 1. The van der Waals surface area contributed by atoms with Crippen LogP contribution in [0.3, 0.4) is 0 Å². The van der Waals surface area contributed by atoms with Crippen LogP contribution >= 0.6 is 0 Å². The highest BCUT2D eigenvalue weighted by atomic mass is 16.7. The minimum absolute atomic E-state index is 0.0150. The summed E-state index contributed by atoms with van der Waals surface area (Å²) in [5.74, 6) is 1.35. The van der Waals surface area contributed by atoms with Gasteiger partial charge in [0.25, 0.3) is 0 Å². The molecule has 2 amide bonds. The standard InChI is InChI=1S/C24H29N3O4/c1-17-4-2-3-5-18(17)8-11-25-23(28)15-27-12-9-19(10-13-27)24(29)26-20-6-7-21-22(14-20)31-16-30-21/h2-7,14,19H,8-13,15-16H2,1H3,(H,25,28)(H,26,29). The molecule has 4 rings (SSSR count). The molecule has 1 saturated heterocycles. The van der Waals surface area contributed by atoms with E-state index < -0.39 is 0 Å². The summed E-state index contributed by atoms with van der Waals surface area (Å²) < 4.78 is 10.7. The van der Waals surface area contributed by atoms with Gasteiger partial charge in [0.05, 0.1) is 6.54 Å². The van der Waals surface area contributed by atoms with E-state index >= 15 is 0 Å². The van der Waals surface area contributed by atoms with E-state index in [1.54, 1.807) is 12.1 Å². The highest BCUT2D eigenvalue weighted by molar-refractivity contribution is 5.93. The van der Waals surface area contributed by atoms with E-state index in [0.717, 1.165) is 32.4 Å². The van der Waals surface area contributed by atoms with Gasteiger partial charge in [0.2, 0.25) is 18.6 Å². The molecule has 2 heterocycles. The van der Waals surface area contributed by atoms with Crippen molar-refractivity contribution in [3.05, 3.63) is 53.6 Å². The highest BCUT2D eigenvalue weighted by Gasteiger charge is 2.26. The van der Waals surface area contributed by atoms with Crippen LogP contribution in [0.4, 0.5) is 5.69 Å². The molecule has 164 valence electrons. The van der Waals surface area contributed by atoms with Crippen LogP contribution in [0, 0.1) is 12.8 Å². The second kappa shape index (κ2) is 9.83. The summed E-state index contributed by atoms with van der Waals surface area (Å²) in [7, 11) is 0. The number of amides is 2. The molecule has 0 spiro atoms. The third-order valence-corrected chi connectivity index (χ3v) is 5.94. The van der Waals surface area contributed by atoms with Crippen LogP contribution in [-0.2, 0) is 16.0 Å². The topological polar surface area (TPSA) is 79.9 Å². The zero-order valence-corrected chi connectivity index (χ0v) is 17.9. The summed E-state index contributed by atoms with van der Waals surface area (Å²) in [6.07, 6.45) is 2.32. The number of fused-ring (bicyclic) bond motifs is 1. The van der Waals surface area contributed by atoms with Crippen LogP contribution in [0.2, 0.25) is 0 Å².